The van der Waals surface area contributed by atoms with Crippen molar-refractivity contribution in [1.82, 2.24) is 5.32 Å². The SMILES string of the molecule is N#CC1CCC(NCc2ccc3c(c2)OCO3)CC1. The van der Waals surface area contributed by atoms with Crippen LogP contribution in [0, 0.1) is 17.2 Å². The summed E-state index contributed by atoms with van der Waals surface area (Å²) in [6, 6.07) is 8.98. The second-order valence-corrected chi connectivity index (χ2v) is 5.25. The lowest BCUT2D eigenvalue weighted by molar-refractivity contribution is 0.174. The summed E-state index contributed by atoms with van der Waals surface area (Å²) in [5.41, 5.74) is 1.21. The van der Waals surface area contributed by atoms with Crippen LogP contribution in [0.1, 0.15) is 31.2 Å². The van der Waals surface area contributed by atoms with Crippen LogP contribution >= 0.6 is 0 Å². The minimum Gasteiger partial charge on any atom is -0.454 e. The number of ether oxygens (including phenoxy) is 2. The van der Waals surface area contributed by atoms with Crippen molar-refractivity contribution in [2.75, 3.05) is 6.79 Å². The van der Waals surface area contributed by atoms with E-state index < -0.39 is 0 Å². The van der Waals surface area contributed by atoms with E-state index in [9.17, 15) is 0 Å². The molecule has 0 bridgehead atoms. The second-order valence-electron chi connectivity index (χ2n) is 5.25. The van der Waals surface area contributed by atoms with Gasteiger partial charge in [-0.25, -0.2) is 0 Å². The Morgan fingerprint density at radius 2 is 1.95 bits per heavy atom. The van der Waals surface area contributed by atoms with Gasteiger partial charge in [-0.2, -0.15) is 5.26 Å². The number of nitrogens with one attached hydrogen (secondary N) is 1. The first-order chi connectivity index (χ1) is 9.35. The summed E-state index contributed by atoms with van der Waals surface area (Å²) >= 11 is 0. The first-order valence-corrected chi connectivity index (χ1v) is 6.86. The first-order valence-electron chi connectivity index (χ1n) is 6.86. The molecular weight excluding hydrogens is 240 g/mol. The monoisotopic (exact) mass is 258 g/mol. The molecule has 1 fully saturated rings. The normalized spacial score (nSPS) is 25.0. The van der Waals surface area contributed by atoms with Gasteiger partial charge in [0.05, 0.1) is 6.07 Å². The molecule has 0 saturated heterocycles. The lowest BCUT2D eigenvalue weighted by Gasteiger charge is -2.25. The summed E-state index contributed by atoms with van der Waals surface area (Å²) in [7, 11) is 0. The van der Waals surface area contributed by atoms with Crippen LogP contribution in [0.25, 0.3) is 0 Å². The van der Waals surface area contributed by atoms with Gasteiger partial charge in [0, 0.05) is 18.5 Å². The van der Waals surface area contributed by atoms with Gasteiger partial charge in [0.25, 0.3) is 0 Å². The first kappa shape index (κ1) is 12.3. The van der Waals surface area contributed by atoms with E-state index >= 15 is 0 Å². The molecule has 1 aromatic rings. The van der Waals surface area contributed by atoms with Crippen molar-refractivity contribution >= 4 is 0 Å². The maximum Gasteiger partial charge on any atom is 0.231 e. The van der Waals surface area contributed by atoms with E-state index in [1.807, 2.05) is 12.1 Å². The molecule has 0 unspecified atom stereocenters. The predicted octanol–water partition coefficient (Wildman–Crippen LogP) is 2.59. The molecule has 100 valence electrons. The third kappa shape index (κ3) is 2.82. The lowest BCUT2D eigenvalue weighted by atomic mass is 9.87. The molecule has 0 amide bonds. The minimum absolute atomic E-state index is 0.267. The Morgan fingerprint density at radius 1 is 1.16 bits per heavy atom. The van der Waals surface area contributed by atoms with Crippen molar-refractivity contribution in [3.05, 3.63) is 23.8 Å². The van der Waals surface area contributed by atoms with Crippen LogP contribution in [0.15, 0.2) is 18.2 Å². The smallest absolute Gasteiger partial charge is 0.231 e. The molecule has 0 atom stereocenters. The van der Waals surface area contributed by atoms with Crippen molar-refractivity contribution in [3.63, 3.8) is 0 Å². The second kappa shape index (κ2) is 5.50. The van der Waals surface area contributed by atoms with Crippen LogP contribution in [0.3, 0.4) is 0 Å². The topological polar surface area (TPSA) is 54.3 Å². The maximum atomic E-state index is 8.88. The van der Waals surface area contributed by atoms with E-state index in [0.29, 0.717) is 12.8 Å². The molecule has 0 radical (unpaired) electrons. The Hall–Kier alpha value is -1.73. The fraction of sp³-hybridized carbons (Fsp3) is 0.533. The molecular formula is C15H18N2O2. The molecule has 0 aromatic heterocycles. The van der Waals surface area contributed by atoms with Crippen molar-refractivity contribution in [1.29, 1.82) is 5.26 Å². The number of hydrogen-bond acceptors (Lipinski definition) is 4. The van der Waals surface area contributed by atoms with Crippen LogP contribution < -0.4 is 14.8 Å². The van der Waals surface area contributed by atoms with Crippen molar-refractivity contribution in [2.24, 2.45) is 5.92 Å². The van der Waals surface area contributed by atoms with Gasteiger partial charge < -0.3 is 14.8 Å². The molecule has 0 spiro atoms. The number of fused-ring (bicyclic) bond motifs is 1. The Bertz CT molecular complexity index is 487. The summed E-state index contributed by atoms with van der Waals surface area (Å²) in [4.78, 5) is 0. The molecule has 3 rings (SSSR count). The van der Waals surface area contributed by atoms with Gasteiger partial charge in [0.15, 0.2) is 11.5 Å². The molecule has 1 aliphatic heterocycles. The highest BCUT2D eigenvalue weighted by atomic mass is 16.7. The Morgan fingerprint density at radius 3 is 2.74 bits per heavy atom. The Balaban J connectivity index is 1.51. The standard InChI is InChI=1S/C15H18N2O2/c16-8-11-1-4-13(5-2-11)17-9-12-3-6-14-15(7-12)19-10-18-14/h3,6-7,11,13,17H,1-2,4-5,9-10H2. The number of hydrogen-bond donors (Lipinski definition) is 1. The van der Waals surface area contributed by atoms with Crippen molar-refractivity contribution in [2.45, 2.75) is 38.3 Å². The molecule has 1 heterocycles. The predicted molar refractivity (Wildman–Crippen MR) is 70.8 cm³/mol. The van der Waals surface area contributed by atoms with E-state index in [-0.39, 0.29) is 5.92 Å². The molecule has 1 aliphatic carbocycles. The van der Waals surface area contributed by atoms with Crippen LogP contribution in [0.5, 0.6) is 11.5 Å². The number of nitrogens with zero attached hydrogens (tertiary/aromatic N) is 1. The molecule has 2 aliphatic rings. The zero-order valence-corrected chi connectivity index (χ0v) is 10.9. The van der Waals surface area contributed by atoms with E-state index in [0.717, 1.165) is 43.7 Å². The van der Waals surface area contributed by atoms with Gasteiger partial charge in [-0.15, -0.1) is 0 Å². The summed E-state index contributed by atoms with van der Waals surface area (Å²) in [6.45, 7) is 1.17. The third-order valence-corrected chi connectivity index (χ3v) is 3.94. The molecule has 19 heavy (non-hydrogen) atoms. The summed E-state index contributed by atoms with van der Waals surface area (Å²) < 4.78 is 10.7. The molecule has 1 saturated carbocycles. The Kier molecular flexibility index (Phi) is 3.56. The van der Waals surface area contributed by atoms with Crippen LogP contribution in [-0.2, 0) is 6.54 Å². The summed E-state index contributed by atoms with van der Waals surface area (Å²) in [5, 5.41) is 12.4. The van der Waals surface area contributed by atoms with E-state index in [1.54, 1.807) is 0 Å². The van der Waals surface area contributed by atoms with Gasteiger partial charge in [-0.3, -0.25) is 0 Å². The van der Waals surface area contributed by atoms with Crippen LogP contribution in [-0.4, -0.2) is 12.8 Å². The molecule has 4 heteroatoms. The largest absolute Gasteiger partial charge is 0.454 e. The fourth-order valence-corrected chi connectivity index (χ4v) is 2.74. The average Bonchev–Trinajstić information content (AvgIpc) is 2.93. The van der Waals surface area contributed by atoms with Gasteiger partial charge in [0.1, 0.15) is 0 Å². The maximum absolute atomic E-state index is 8.88. The van der Waals surface area contributed by atoms with Gasteiger partial charge in [-0.1, -0.05) is 6.07 Å². The molecule has 1 N–H and O–H groups in total. The third-order valence-electron chi connectivity index (χ3n) is 3.94. The number of benzene rings is 1. The summed E-state index contributed by atoms with van der Waals surface area (Å²) in [6.07, 6.45) is 4.25. The minimum atomic E-state index is 0.267. The lowest BCUT2D eigenvalue weighted by Crippen LogP contribution is -2.32. The quantitative estimate of drug-likeness (QED) is 0.905. The average molecular weight is 258 g/mol. The number of nitriles is 1. The fourth-order valence-electron chi connectivity index (χ4n) is 2.74. The van der Waals surface area contributed by atoms with Crippen LogP contribution in [0.4, 0.5) is 0 Å². The number of rotatable bonds is 3. The highest BCUT2D eigenvalue weighted by Crippen LogP contribution is 2.32. The van der Waals surface area contributed by atoms with Gasteiger partial charge in [-0.05, 0) is 43.4 Å². The highest BCUT2D eigenvalue weighted by molar-refractivity contribution is 5.44. The molecule has 4 nitrogen and oxygen atoms in total. The van der Waals surface area contributed by atoms with E-state index in [4.69, 9.17) is 14.7 Å². The summed E-state index contributed by atoms with van der Waals surface area (Å²) in [5.74, 6) is 1.94. The van der Waals surface area contributed by atoms with Crippen molar-refractivity contribution < 1.29 is 9.47 Å². The molecule has 1 aromatic carbocycles. The van der Waals surface area contributed by atoms with Gasteiger partial charge >= 0.3 is 0 Å². The van der Waals surface area contributed by atoms with E-state index in [1.165, 1.54) is 5.56 Å². The Labute approximate surface area is 113 Å². The van der Waals surface area contributed by atoms with Gasteiger partial charge in [0.2, 0.25) is 6.79 Å². The van der Waals surface area contributed by atoms with Crippen molar-refractivity contribution in [3.8, 4) is 17.6 Å². The highest BCUT2D eigenvalue weighted by Gasteiger charge is 2.20. The zero-order chi connectivity index (χ0) is 13.1. The zero-order valence-electron chi connectivity index (χ0n) is 10.9. The van der Waals surface area contributed by atoms with Crippen LogP contribution in [0.2, 0.25) is 0 Å². The van der Waals surface area contributed by atoms with E-state index in [2.05, 4.69) is 17.5 Å².